The average Bonchev–Trinajstić information content (AvgIpc) is 2.91. The predicted octanol–water partition coefficient (Wildman–Crippen LogP) is 4.69. The van der Waals surface area contributed by atoms with Crippen molar-refractivity contribution in [2.45, 2.75) is 44.2 Å². The molecule has 3 heteroatoms. The van der Waals surface area contributed by atoms with Crippen molar-refractivity contribution in [2.24, 2.45) is 0 Å². The van der Waals surface area contributed by atoms with Gasteiger partial charge in [0.1, 0.15) is 5.54 Å². The molecule has 0 aliphatic carbocycles. The number of rotatable bonds is 4. The van der Waals surface area contributed by atoms with Gasteiger partial charge in [-0.25, -0.2) is 4.79 Å². The van der Waals surface area contributed by atoms with Crippen molar-refractivity contribution in [1.82, 2.24) is 10.2 Å². The van der Waals surface area contributed by atoms with Crippen molar-refractivity contribution in [3.05, 3.63) is 77.5 Å². The summed E-state index contributed by atoms with van der Waals surface area (Å²) >= 11 is 0. The summed E-state index contributed by atoms with van der Waals surface area (Å²) in [6.07, 6.45) is 6.60. The number of hydrogen-bond donors (Lipinski definition) is 1. The molecule has 2 aliphatic rings. The van der Waals surface area contributed by atoms with E-state index in [9.17, 15) is 4.79 Å². The lowest BCUT2D eigenvalue weighted by atomic mass is 9.64. The molecule has 2 aliphatic heterocycles. The average molecular weight is 332 g/mol. The van der Waals surface area contributed by atoms with Gasteiger partial charge >= 0.3 is 6.03 Å². The summed E-state index contributed by atoms with van der Waals surface area (Å²) in [5.41, 5.74) is 3.00. The topological polar surface area (TPSA) is 32.3 Å². The van der Waals surface area contributed by atoms with Crippen LogP contribution in [0.25, 0.3) is 6.08 Å². The van der Waals surface area contributed by atoms with E-state index in [1.807, 2.05) is 17.2 Å². The number of carbonyl (C=O) groups is 1. The third-order valence-electron chi connectivity index (χ3n) is 6.09. The van der Waals surface area contributed by atoms with Crippen LogP contribution in [0, 0.1) is 0 Å². The van der Waals surface area contributed by atoms with Crippen LogP contribution in [-0.2, 0) is 12.0 Å². The number of hydrogen-bond acceptors (Lipinski definition) is 1. The van der Waals surface area contributed by atoms with E-state index in [0.717, 1.165) is 19.3 Å². The molecule has 2 aromatic rings. The minimum atomic E-state index is -0.402. The maximum atomic E-state index is 12.9. The van der Waals surface area contributed by atoms with Crippen LogP contribution in [0.5, 0.6) is 0 Å². The van der Waals surface area contributed by atoms with E-state index in [2.05, 4.69) is 73.8 Å². The van der Waals surface area contributed by atoms with Gasteiger partial charge in [-0.1, -0.05) is 68.4 Å². The first-order valence-electron chi connectivity index (χ1n) is 9.10. The fourth-order valence-electron chi connectivity index (χ4n) is 4.78. The van der Waals surface area contributed by atoms with E-state index < -0.39 is 5.54 Å². The molecule has 128 valence electrons. The Labute approximate surface area is 149 Å². The molecule has 0 spiro atoms. The van der Waals surface area contributed by atoms with Gasteiger partial charge in [0.2, 0.25) is 0 Å². The molecule has 1 N–H and O–H groups in total. The second-order valence-electron chi connectivity index (χ2n) is 7.02. The standard InChI is InChI=1S/C22H24N2O/c1-3-21(4-2)22(16-17-10-6-5-7-11-17)19-13-9-8-12-18(19)14-15-24(22)20(25)23-21/h5-15H,3-4,16H2,1-2H3,(H,23,25). The lowest BCUT2D eigenvalue weighted by molar-refractivity contribution is 0.109. The van der Waals surface area contributed by atoms with Crippen molar-refractivity contribution >= 4 is 12.1 Å². The molecule has 3 nitrogen and oxygen atoms in total. The fraction of sp³-hybridized carbons (Fsp3) is 0.318. The maximum Gasteiger partial charge on any atom is 0.322 e. The van der Waals surface area contributed by atoms with Crippen LogP contribution in [0.15, 0.2) is 60.8 Å². The van der Waals surface area contributed by atoms with Crippen LogP contribution in [-0.4, -0.2) is 16.5 Å². The van der Waals surface area contributed by atoms with E-state index in [0.29, 0.717) is 0 Å². The number of nitrogens with one attached hydrogen (secondary N) is 1. The number of benzene rings is 2. The Balaban J connectivity index is 1.99. The zero-order valence-electron chi connectivity index (χ0n) is 14.8. The zero-order chi connectivity index (χ0) is 17.5. The highest BCUT2D eigenvalue weighted by atomic mass is 16.2. The Hall–Kier alpha value is -2.55. The van der Waals surface area contributed by atoms with Crippen LogP contribution in [0.4, 0.5) is 4.79 Å². The molecular formula is C22H24N2O. The molecule has 0 saturated carbocycles. The predicted molar refractivity (Wildman–Crippen MR) is 101 cm³/mol. The molecule has 1 atom stereocenters. The summed E-state index contributed by atoms with van der Waals surface area (Å²) < 4.78 is 0. The van der Waals surface area contributed by atoms with Gasteiger partial charge in [0.15, 0.2) is 0 Å². The molecule has 0 radical (unpaired) electrons. The smallest absolute Gasteiger partial charge is 0.322 e. The first-order valence-corrected chi connectivity index (χ1v) is 9.10. The van der Waals surface area contributed by atoms with E-state index in [1.165, 1.54) is 16.7 Å². The van der Waals surface area contributed by atoms with Crippen molar-refractivity contribution in [1.29, 1.82) is 0 Å². The molecule has 0 bridgehead atoms. The van der Waals surface area contributed by atoms with Gasteiger partial charge in [0.05, 0.1) is 5.54 Å². The third kappa shape index (κ3) is 2.08. The first-order chi connectivity index (χ1) is 12.2. The maximum absolute atomic E-state index is 12.9. The molecule has 0 aromatic heterocycles. The highest BCUT2D eigenvalue weighted by Gasteiger charge is 2.62. The molecule has 2 aromatic carbocycles. The number of fused-ring (bicyclic) bond motifs is 3. The Morgan fingerprint density at radius 1 is 0.960 bits per heavy atom. The minimum Gasteiger partial charge on any atom is -0.330 e. The lowest BCUT2D eigenvalue weighted by Gasteiger charge is -2.49. The number of urea groups is 1. The van der Waals surface area contributed by atoms with Crippen molar-refractivity contribution < 1.29 is 4.79 Å². The second-order valence-corrected chi connectivity index (χ2v) is 7.02. The number of carbonyl (C=O) groups excluding carboxylic acids is 1. The summed E-state index contributed by atoms with van der Waals surface area (Å²) in [6.45, 7) is 4.36. The quantitative estimate of drug-likeness (QED) is 0.865. The summed E-state index contributed by atoms with van der Waals surface area (Å²) in [7, 11) is 0. The van der Waals surface area contributed by atoms with Gasteiger partial charge in [-0.05, 0) is 35.6 Å². The SMILES string of the molecule is CCC1(CC)NC(=O)N2C=Cc3ccccc3C21Cc1ccccc1. The van der Waals surface area contributed by atoms with Crippen molar-refractivity contribution in [3.8, 4) is 0 Å². The lowest BCUT2D eigenvalue weighted by Crippen LogP contribution is -2.59. The van der Waals surface area contributed by atoms with Gasteiger partial charge in [0.25, 0.3) is 0 Å². The molecule has 2 amide bonds. The highest BCUT2D eigenvalue weighted by molar-refractivity contribution is 5.85. The largest absolute Gasteiger partial charge is 0.330 e. The first kappa shape index (κ1) is 15.9. The Morgan fingerprint density at radius 2 is 1.64 bits per heavy atom. The Morgan fingerprint density at radius 3 is 2.36 bits per heavy atom. The van der Waals surface area contributed by atoms with Crippen LogP contribution in [0.3, 0.4) is 0 Å². The van der Waals surface area contributed by atoms with Crippen LogP contribution < -0.4 is 5.32 Å². The van der Waals surface area contributed by atoms with Gasteiger partial charge in [-0.3, -0.25) is 4.90 Å². The highest BCUT2D eigenvalue weighted by Crippen LogP contribution is 2.52. The van der Waals surface area contributed by atoms with Crippen LogP contribution in [0.1, 0.15) is 43.4 Å². The van der Waals surface area contributed by atoms with E-state index in [1.54, 1.807) is 0 Å². The molecule has 2 heterocycles. The fourth-order valence-corrected chi connectivity index (χ4v) is 4.78. The third-order valence-corrected chi connectivity index (χ3v) is 6.09. The summed E-state index contributed by atoms with van der Waals surface area (Å²) in [4.78, 5) is 14.9. The Kier molecular flexibility index (Phi) is 3.68. The molecule has 1 unspecified atom stereocenters. The number of nitrogens with zero attached hydrogens (tertiary/aromatic N) is 1. The summed E-state index contributed by atoms with van der Waals surface area (Å²) in [5.74, 6) is 0. The monoisotopic (exact) mass is 332 g/mol. The zero-order valence-corrected chi connectivity index (χ0v) is 14.8. The van der Waals surface area contributed by atoms with Gasteiger partial charge in [0, 0.05) is 12.6 Å². The molecule has 4 rings (SSSR count). The molecule has 1 saturated heterocycles. The van der Waals surface area contributed by atoms with E-state index in [-0.39, 0.29) is 11.6 Å². The van der Waals surface area contributed by atoms with Gasteiger partial charge in [-0.2, -0.15) is 0 Å². The summed E-state index contributed by atoms with van der Waals surface area (Å²) in [6, 6.07) is 19.0. The van der Waals surface area contributed by atoms with Crippen LogP contribution in [0.2, 0.25) is 0 Å². The van der Waals surface area contributed by atoms with Gasteiger partial charge < -0.3 is 5.32 Å². The van der Waals surface area contributed by atoms with Crippen LogP contribution >= 0.6 is 0 Å². The van der Waals surface area contributed by atoms with Gasteiger partial charge in [-0.15, -0.1) is 0 Å². The Bertz CT molecular complexity index is 823. The summed E-state index contributed by atoms with van der Waals surface area (Å²) in [5, 5.41) is 3.35. The normalized spacial score (nSPS) is 23.1. The van der Waals surface area contributed by atoms with E-state index >= 15 is 0 Å². The second kappa shape index (κ2) is 5.76. The van der Waals surface area contributed by atoms with E-state index in [4.69, 9.17) is 0 Å². The molecular weight excluding hydrogens is 308 g/mol. The van der Waals surface area contributed by atoms with Crippen molar-refractivity contribution in [3.63, 3.8) is 0 Å². The molecule has 25 heavy (non-hydrogen) atoms. The number of amides is 2. The minimum absolute atomic E-state index is 0.00499. The molecule has 1 fully saturated rings. The van der Waals surface area contributed by atoms with Crippen molar-refractivity contribution in [2.75, 3.05) is 0 Å².